The number of fused-ring (bicyclic) bond motifs is 1. The molecule has 0 saturated carbocycles. The van der Waals surface area contributed by atoms with Crippen LogP contribution in [0, 0.1) is 5.82 Å². The Morgan fingerprint density at radius 1 is 0.964 bits per heavy atom. The summed E-state index contributed by atoms with van der Waals surface area (Å²) in [5.41, 5.74) is 5.00. The number of aromatic amines is 1. The van der Waals surface area contributed by atoms with Crippen LogP contribution in [0.4, 0.5) is 10.1 Å². The quantitative estimate of drug-likeness (QED) is 0.434. The number of H-pyrrole nitrogens is 1. The van der Waals surface area contributed by atoms with Crippen LogP contribution in [0.5, 0.6) is 0 Å². The summed E-state index contributed by atoms with van der Waals surface area (Å²) in [5.74, 6) is 0.724. The molecule has 5 heteroatoms. The van der Waals surface area contributed by atoms with Crippen molar-refractivity contribution in [3.63, 3.8) is 0 Å². The molecule has 0 aliphatic carbocycles. The lowest BCUT2D eigenvalue weighted by Crippen LogP contribution is -2.14. The van der Waals surface area contributed by atoms with Crippen molar-refractivity contribution in [1.82, 2.24) is 4.98 Å². The molecule has 0 atom stereocenters. The second-order valence-electron chi connectivity index (χ2n) is 6.52. The van der Waals surface area contributed by atoms with Gasteiger partial charge in [-0.15, -0.1) is 11.8 Å². The Bertz CT molecular complexity index is 1050. The smallest absolute Gasteiger partial charge is 0.234 e. The number of carbonyl (C=O) groups excluding carboxylic acids is 1. The summed E-state index contributed by atoms with van der Waals surface area (Å²) < 4.78 is 12.9. The van der Waals surface area contributed by atoms with Crippen LogP contribution in [0.25, 0.3) is 22.2 Å². The van der Waals surface area contributed by atoms with Crippen molar-refractivity contribution in [2.45, 2.75) is 5.75 Å². The van der Waals surface area contributed by atoms with E-state index in [1.807, 2.05) is 36.4 Å². The first-order valence-electron chi connectivity index (χ1n) is 8.97. The Morgan fingerprint density at radius 3 is 2.46 bits per heavy atom. The monoisotopic (exact) mass is 390 g/mol. The average molecular weight is 390 g/mol. The zero-order chi connectivity index (χ0) is 19.3. The van der Waals surface area contributed by atoms with Gasteiger partial charge in [0.15, 0.2) is 0 Å². The van der Waals surface area contributed by atoms with E-state index in [2.05, 4.69) is 28.5 Å². The standard InChI is InChI=1S/C23H19FN2OS/c24-19-9-5-16(6-10-19)14-28-15-23(27)25-20-11-7-17(8-12-20)22-13-18-3-1-2-4-21(18)26-22/h1-13,26H,14-15H2,(H,25,27). The summed E-state index contributed by atoms with van der Waals surface area (Å²) in [5, 5.41) is 4.09. The summed E-state index contributed by atoms with van der Waals surface area (Å²) in [4.78, 5) is 15.5. The number of rotatable bonds is 6. The predicted molar refractivity (Wildman–Crippen MR) is 115 cm³/mol. The van der Waals surface area contributed by atoms with Gasteiger partial charge in [-0.2, -0.15) is 0 Å². The number of hydrogen-bond donors (Lipinski definition) is 2. The maximum atomic E-state index is 12.9. The van der Waals surface area contributed by atoms with Gasteiger partial charge in [0.25, 0.3) is 0 Å². The molecule has 0 bridgehead atoms. The number of amides is 1. The lowest BCUT2D eigenvalue weighted by Gasteiger charge is -2.06. The topological polar surface area (TPSA) is 44.9 Å². The van der Waals surface area contributed by atoms with Gasteiger partial charge in [-0.05, 0) is 47.5 Å². The van der Waals surface area contributed by atoms with Crippen LogP contribution in [0.3, 0.4) is 0 Å². The summed E-state index contributed by atoms with van der Waals surface area (Å²) in [7, 11) is 0. The minimum Gasteiger partial charge on any atom is -0.355 e. The van der Waals surface area contributed by atoms with E-state index < -0.39 is 0 Å². The van der Waals surface area contributed by atoms with Crippen LogP contribution in [-0.2, 0) is 10.5 Å². The van der Waals surface area contributed by atoms with E-state index in [9.17, 15) is 9.18 Å². The van der Waals surface area contributed by atoms with Crippen molar-refractivity contribution in [3.05, 3.63) is 90.2 Å². The molecule has 1 heterocycles. The van der Waals surface area contributed by atoms with E-state index in [0.29, 0.717) is 11.5 Å². The van der Waals surface area contributed by atoms with Crippen LogP contribution >= 0.6 is 11.8 Å². The third-order valence-electron chi connectivity index (χ3n) is 4.42. The van der Waals surface area contributed by atoms with Crippen LogP contribution in [-0.4, -0.2) is 16.6 Å². The fourth-order valence-corrected chi connectivity index (χ4v) is 3.79. The largest absolute Gasteiger partial charge is 0.355 e. The zero-order valence-electron chi connectivity index (χ0n) is 15.1. The number of hydrogen-bond acceptors (Lipinski definition) is 2. The highest BCUT2D eigenvalue weighted by Gasteiger charge is 2.06. The molecule has 0 aliphatic heterocycles. The first-order chi connectivity index (χ1) is 13.7. The number of para-hydroxylation sites is 1. The summed E-state index contributed by atoms with van der Waals surface area (Å²) in [6.07, 6.45) is 0. The average Bonchev–Trinajstić information content (AvgIpc) is 3.14. The number of aromatic nitrogens is 1. The Morgan fingerprint density at radius 2 is 1.71 bits per heavy atom. The number of thioether (sulfide) groups is 1. The van der Waals surface area contributed by atoms with Crippen molar-refractivity contribution in [2.24, 2.45) is 0 Å². The highest BCUT2D eigenvalue weighted by atomic mass is 32.2. The van der Waals surface area contributed by atoms with Crippen molar-refractivity contribution in [2.75, 3.05) is 11.1 Å². The fourth-order valence-electron chi connectivity index (χ4n) is 3.00. The summed E-state index contributed by atoms with van der Waals surface area (Å²) >= 11 is 1.50. The van der Waals surface area contributed by atoms with Crippen molar-refractivity contribution in [3.8, 4) is 11.3 Å². The van der Waals surface area contributed by atoms with Crippen molar-refractivity contribution in [1.29, 1.82) is 0 Å². The third-order valence-corrected chi connectivity index (χ3v) is 5.43. The Balaban J connectivity index is 1.32. The van der Waals surface area contributed by atoms with Crippen molar-refractivity contribution < 1.29 is 9.18 Å². The van der Waals surface area contributed by atoms with E-state index in [4.69, 9.17) is 0 Å². The number of nitrogens with one attached hydrogen (secondary N) is 2. The van der Waals surface area contributed by atoms with Gasteiger partial charge < -0.3 is 10.3 Å². The highest BCUT2D eigenvalue weighted by Crippen LogP contribution is 2.25. The Hall–Kier alpha value is -3.05. The van der Waals surface area contributed by atoms with E-state index in [1.54, 1.807) is 12.1 Å². The molecule has 3 aromatic carbocycles. The molecule has 0 fully saturated rings. The number of halogens is 1. The van der Waals surface area contributed by atoms with Gasteiger partial charge in [-0.3, -0.25) is 4.79 Å². The van der Waals surface area contributed by atoms with Crippen LogP contribution in [0.2, 0.25) is 0 Å². The molecule has 4 rings (SSSR count). The Labute approximate surface area is 167 Å². The predicted octanol–water partition coefficient (Wildman–Crippen LogP) is 5.85. The molecular weight excluding hydrogens is 371 g/mol. The van der Waals surface area contributed by atoms with Crippen LogP contribution < -0.4 is 5.32 Å². The minimum absolute atomic E-state index is 0.0505. The van der Waals surface area contributed by atoms with Crippen LogP contribution in [0.1, 0.15) is 5.56 Å². The summed E-state index contributed by atoms with van der Waals surface area (Å²) in [6.45, 7) is 0. The van der Waals surface area contributed by atoms with E-state index in [1.165, 1.54) is 29.3 Å². The van der Waals surface area contributed by atoms with Gasteiger partial charge in [0.2, 0.25) is 5.91 Å². The first-order valence-corrected chi connectivity index (χ1v) is 10.1. The fraction of sp³-hybridized carbons (Fsp3) is 0.0870. The van der Waals surface area contributed by atoms with E-state index in [0.717, 1.165) is 28.0 Å². The minimum atomic E-state index is -0.248. The molecule has 2 N–H and O–H groups in total. The maximum Gasteiger partial charge on any atom is 0.234 e. The molecule has 1 amide bonds. The van der Waals surface area contributed by atoms with Gasteiger partial charge >= 0.3 is 0 Å². The number of carbonyl (C=O) groups is 1. The lowest BCUT2D eigenvalue weighted by atomic mass is 10.1. The molecule has 0 spiro atoms. The molecular formula is C23H19FN2OS. The second-order valence-corrected chi connectivity index (χ2v) is 7.50. The van der Waals surface area contributed by atoms with Gasteiger partial charge in [0, 0.05) is 28.0 Å². The third kappa shape index (κ3) is 4.43. The molecule has 3 nitrogen and oxygen atoms in total. The van der Waals surface area contributed by atoms with Gasteiger partial charge in [0.05, 0.1) is 5.75 Å². The molecule has 0 radical (unpaired) electrons. The first kappa shape index (κ1) is 18.3. The summed E-state index contributed by atoms with van der Waals surface area (Å²) in [6, 6.07) is 24.4. The molecule has 0 saturated heterocycles. The van der Waals surface area contributed by atoms with Gasteiger partial charge in [-0.25, -0.2) is 4.39 Å². The maximum absolute atomic E-state index is 12.9. The molecule has 0 aliphatic rings. The zero-order valence-corrected chi connectivity index (χ0v) is 15.9. The van der Waals surface area contributed by atoms with E-state index >= 15 is 0 Å². The van der Waals surface area contributed by atoms with E-state index in [-0.39, 0.29) is 11.7 Å². The number of benzene rings is 3. The lowest BCUT2D eigenvalue weighted by molar-refractivity contribution is -0.113. The van der Waals surface area contributed by atoms with Crippen molar-refractivity contribution >= 4 is 34.3 Å². The highest BCUT2D eigenvalue weighted by molar-refractivity contribution is 7.99. The van der Waals surface area contributed by atoms with Crippen LogP contribution in [0.15, 0.2) is 78.9 Å². The molecule has 28 heavy (non-hydrogen) atoms. The van der Waals surface area contributed by atoms with Gasteiger partial charge in [0.1, 0.15) is 5.82 Å². The number of anilines is 1. The molecule has 1 aromatic heterocycles. The molecule has 140 valence electrons. The molecule has 0 unspecified atom stereocenters. The SMILES string of the molecule is O=C(CSCc1ccc(F)cc1)Nc1ccc(-c2cc3ccccc3[nH]2)cc1. The second kappa shape index (κ2) is 8.31. The normalized spacial score (nSPS) is 10.9. The Kier molecular flexibility index (Phi) is 5.44. The molecule has 4 aromatic rings. The van der Waals surface area contributed by atoms with Gasteiger partial charge in [-0.1, -0.05) is 42.5 Å².